The Morgan fingerprint density at radius 2 is 1.85 bits per heavy atom. The lowest BCUT2D eigenvalue weighted by Crippen LogP contribution is -2.27. The average molecular weight is 298 g/mol. The molecule has 1 aromatic rings. The van der Waals surface area contributed by atoms with E-state index in [1.807, 2.05) is 13.8 Å². The van der Waals surface area contributed by atoms with Crippen LogP contribution < -0.4 is 0 Å². The van der Waals surface area contributed by atoms with Gasteiger partial charge in [0.15, 0.2) is 5.92 Å². The summed E-state index contributed by atoms with van der Waals surface area (Å²) in [7, 11) is 2.42. The first-order valence-corrected chi connectivity index (χ1v) is 7.07. The number of aryl methyl sites for hydroxylation is 2. The van der Waals surface area contributed by atoms with Crippen molar-refractivity contribution in [2.45, 2.75) is 26.7 Å². The topological polar surface area (TPSA) is 77.9 Å². The molecule has 0 aliphatic heterocycles. The minimum Gasteiger partial charge on any atom is -0.468 e. The predicted molar refractivity (Wildman–Crippen MR) is 76.5 cm³/mol. The number of nitrogens with zero attached hydrogens (tertiary/aromatic N) is 2. The number of thiazole rings is 1. The van der Waals surface area contributed by atoms with Crippen molar-refractivity contribution in [3.63, 3.8) is 0 Å². The summed E-state index contributed by atoms with van der Waals surface area (Å²) < 4.78 is 9.09. The van der Waals surface area contributed by atoms with Gasteiger partial charge in [-0.25, -0.2) is 9.98 Å². The molecule has 1 heterocycles. The van der Waals surface area contributed by atoms with E-state index in [0.29, 0.717) is 5.13 Å². The van der Waals surface area contributed by atoms with Gasteiger partial charge >= 0.3 is 11.9 Å². The van der Waals surface area contributed by atoms with Gasteiger partial charge in [-0.3, -0.25) is 9.59 Å². The molecule has 0 amide bonds. The van der Waals surface area contributed by atoms with E-state index in [1.165, 1.54) is 31.8 Å². The molecule has 0 saturated carbocycles. The Kier molecular flexibility index (Phi) is 6.30. The van der Waals surface area contributed by atoms with E-state index >= 15 is 0 Å². The Morgan fingerprint density at radius 3 is 2.25 bits per heavy atom. The third kappa shape index (κ3) is 3.86. The number of ether oxygens (including phenoxy) is 2. The van der Waals surface area contributed by atoms with Crippen LogP contribution in [0.2, 0.25) is 0 Å². The minimum atomic E-state index is -1.16. The SMILES string of the molecule is CCc1nc(N=CC(C(=O)OC)C(=O)OC)sc1CC. The molecule has 1 rings (SSSR count). The van der Waals surface area contributed by atoms with Gasteiger partial charge in [0.2, 0.25) is 5.13 Å². The second-order valence-corrected chi connectivity index (χ2v) is 4.94. The van der Waals surface area contributed by atoms with E-state index in [4.69, 9.17) is 0 Å². The van der Waals surface area contributed by atoms with E-state index in [9.17, 15) is 9.59 Å². The highest BCUT2D eigenvalue weighted by molar-refractivity contribution is 7.15. The van der Waals surface area contributed by atoms with Gasteiger partial charge in [-0.2, -0.15) is 0 Å². The molecule has 0 atom stereocenters. The van der Waals surface area contributed by atoms with E-state index in [1.54, 1.807) is 0 Å². The highest BCUT2D eigenvalue weighted by Crippen LogP contribution is 2.26. The molecule has 0 aliphatic carbocycles. The van der Waals surface area contributed by atoms with E-state index < -0.39 is 17.9 Å². The fourth-order valence-corrected chi connectivity index (χ4v) is 2.53. The Hall–Kier alpha value is -1.76. The zero-order chi connectivity index (χ0) is 15.1. The fraction of sp³-hybridized carbons (Fsp3) is 0.538. The fourth-order valence-electron chi connectivity index (χ4n) is 1.59. The first-order chi connectivity index (χ1) is 9.57. The summed E-state index contributed by atoms with van der Waals surface area (Å²) in [5, 5.41) is 0.525. The van der Waals surface area contributed by atoms with Crippen molar-refractivity contribution in [3.05, 3.63) is 10.6 Å². The van der Waals surface area contributed by atoms with Crippen LogP contribution in [0.25, 0.3) is 0 Å². The largest absolute Gasteiger partial charge is 0.468 e. The second kappa shape index (κ2) is 7.74. The van der Waals surface area contributed by atoms with E-state index in [-0.39, 0.29) is 0 Å². The molecule has 0 bridgehead atoms. The number of rotatable bonds is 6. The molecule has 0 unspecified atom stereocenters. The smallest absolute Gasteiger partial charge is 0.325 e. The maximum atomic E-state index is 11.5. The molecular formula is C13H18N2O4S. The molecule has 0 spiro atoms. The highest BCUT2D eigenvalue weighted by Gasteiger charge is 2.26. The van der Waals surface area contributed by atoms with Crippen molar-refractivity contribution in [1.82, 2.24) is 4.98 Å². The Labute approximate surface area is 121 Å². The van der Waals surface area contributed by atoms with Crippen LogP contribution in [0.15, 0.2) is 4.99 Å². The first kappa shape index (κ1) is 16.3. The van der Waals surface area contributed by atoms with Gasteiger partial charge in [-0.15, -0.1) is 0 Å². The molecular weight excluding hydrogens is 280 g/mol. The van der Waals surface area contributed by atoms with E-state index in [0.717, 1.165) is 23.4 Å². The molecule has 0 radical (unpaired) electrons. The molecule has 0 fully saturated rings. The lowest BCUT2D eigenvalue weighted by molar-refractivity contribution is -0.154. The Bertz CT molecular complexity index is 473. The Morgan fingerprint density at radius 1 is 1.25 bits per heavy atom. The van der Waals surface area contributed by atoms with Crippen LogP contribution in [0, 0.1) is 5.92 Å². The first-order valence-electron chi connectivity index (χ1n) is 6.25. The van der Waals surface area contributed by atoms with Crippen LogP contribution >= 0.6 is 11.3 Å². The number of carbonyl (C=O) groups excluding carboxylic acids is 2. The number of methoxy groups -OCH3 is 2. The zero-order valence-electron chi connectivity index (χ0n) is 12.0. The molecule has 110 valence electrons. The lowest BCUT2D eigenvalue weighted by atomic mass is 10.2. The minimum absolute atomic E-state index is 0.525. The number of esters is 2. The third-order valence-corrected chi connectivity index (χ3v) is 3.82. The number of aliphatic imine (C=N–C) groups is 1. The van der Waals surface area contributed by atoms with Crippen LogP contribution in [-0.2, 0) is 31.9 Å². The zero-order valence-corrected chi connectivity index (χ0v) is 12.8. The molecule has 0 aromatic carbocycles. The number of carbonyl (C=O) groups is 2. The van der Waals surface area contributed by atoms with Gasteiger partial charge in [-0.1, -0.05) is 25.2 Å². The molecule has 0 N–H and O–H groups in total. The van der Waals surface area contributed by atoms with Gasteiger partial charge in [0, 0.05) is 11.1 Å². The normalized spacial score (nSPS) is 11.1. The number of hydrogen-bond donors (Lipinski definition) is 0. The summed E-state index contributed by atoms with van der Waals surface area (Å²) in [5.74, 6) is -2.57. The maximum Gasteiger partial charge on any atom is 0.325 e. The monoisotopic (exact) mass is 298 g/mol. The van der Waals surface area contributed by atoms with Crippen molar-refractivity contribution < 1.29 is 19.1 Å². The van der Waals surface area contributed by atoms with Gasteiger partial charge in [0.05, 0.1) is 19.9 Å². The molecule has 0 aliphatic rings. The van der Waals surface area contributed by atoms with Crippen LogP contribution in [0.1, 0.15) is 24.4 Å². The van der Waals surface area contributed by atoms with Gasteiger partial charge < -0.3 is 9.47 Å². The molecule has 1 aromatic heterocycles. The van der Waals surface area contributed by atoms with Crippen LogP contribution in [0.3, 0.4) is 0 Å². The summed E-state index contributed by atoms with van der Waals surface area (Å²) in [6.45, 7) is 4.07. The second-order valence-electron chi connectivity index (χ2n) is 3.88. The summed E-state index contributed by atoms with van der Waals surface area (Å²) in [6, 6.07) is 0. The van der Waals surface area contributed by atoms with Crippen molar-refractivity contribution in [2.24, 2.45) is 10.9 Å². The molecule has 0 saturated heterocycles. The van der Waals surface area contributed by atoms with Crippen molar-refractivity contribution >= 4 is 34.6 Å². The summed E-state index contributed by atoms with van der Waals surface area (Å²) in [4.78, 5) is 32.6. The van der Waals surface area contributed by atoms with Crippen molar-refractivity contribution in [1.29, 1.82) is 0 Å². The third-order valence-electron chi connectivity index (χ3n) is 2.67. The van der Waals surface area contributed by atoms with Crippen molar-refractivity contribution in [2.75, 3.05) is 14.2 Å². The van der Waals surface area contributed by atoms with Crippen LogP contribution in [-0.4, -0.2) is 37.4 Å². The van der Waals surface area contributed by atoms with Gasteiger partial charge in [-0.05, 0) is 12.8 Å². The highest BCUT2D eigenvalue weighted by atomic mass is 32.1. The molecule has 6 nitrogen and oxygen atoms in total. The van der Waals surface area contributed by atoms with Crippen molar-refractivity contribution in [3.8, 4) is 0 Å². The lowest BCUT2D eigenvalue weighted by Gasteiger charge is -2.06. The van der Waals surface area contributed by atoms with Gasteiger partial charge in [0.25, 0.3) is 0 Å². The summed E-state index contributed by atoms with van der Waals surface area (Å²) >= 11 is 1.45. The quantitative estimate of drug-likeness (QED) is 0.455. The van der Waals surface area contributed by atoms with Crippen LogP contribution in [0.5, 0.6) is 0 Å². The maximum absolute atomic E-state index is 11.5. The van der Waals surface area contributed by atoms with Gasteiger partial charge in [0.1, 0.15) is 0 Å². The molecule has 7 heteroatoms. The van der Waals surface area contributed by atoms with E-state index in [2.05, 4.69) is 19.5 Å². The summed E-state index contributed by atoms with van der Waals surface area (Å²) in [5.41, 5.74) is 0.998. The number of hydrogen-bond acceptors (Lipinski definition) is 7. The molecule has 20 heavy (non-hydrogen) atoms. The number of aromatic nitrogens is 1. The predicted octanol–water partition coefficient (Wildman–Crippen LogP) is 1.93. The standard InChI is InChI=1S/C13H18N2O4S/c1-5-9-10(6-2)20-13(15-9)14-7-8(11(16)18-3)12(17)19-4/h7-8H,5-6H2,1-4H3. The average Bonchev–Trinajstić information content (AvgIpc) is 2.88. The summed E-state index contributed by atoms with van der Waals surface area (Å²) in [6.07, 6.45) is 2.93. The van der Waals surface area contributed by atoms with Crippen LogP contribution in [0.4, 0.5) is 5.13 Å². The Balaban J connectivity index is 2.95.